The topological polar surface area (TPSA) is 13.1 Å². The largest absolute Gasteiger partial charge is 0.435 e. The van der Waals surface area contributed by atoms with Crippen molar-refractivity contribution in [2.45, 2.75) is 31.9 Å². The van der Waals surface area contributed by atoms with Crippen LogP contribution in [0.1, 0.15) is 29.7 Å². The molecule has 1 aliphatic rings. The number of hydrogen-bond donors (Lipinski definition) is 0. The normalized spacial score (nSPS) is 16.9. The molecule has 1 aromatic rings. The molecule has 78 valence electrons. The van der Waals surface area contributed by atoms with E-state index < -0.39 is 17.8 Å². The maximum absolute atomic E-state index is 12.9. The van der Waals surface area contributed by atoms with Crippen molar-refractivity contribution >= 4 is 0 Å². The van der Waals surface area contributed by atoms with Crippen LogP contribution in [0.5, 0.6) is 0 Å². The minimum atomic E-state index is -4.64. The van der Waals surface area contributed by atoms with Crippen LogP contribution < -0.4 is 0 Å². The molecule has 0 bridgehead atoms. The molecule has 14 heavy (non-hydrogen) atoms. The highest BCUT2D eigenvalue weighted by Gasteiger charge is 2.41. The van der Waals surface area contributed by atoms with Gasteiger partial charge in [-0.05, 0) is 19.3 Å². The van der Waals surface area contributed by atoms with Crippen LogP contribution in [0, 0.1) is 6.01 Å². The number of hydrogen-bond acceptors (Lipinski definition) is 1. The van der Waals surface area contributed by atoms with Crippen LogP contribution in [0.3, 0.4) is 0 Å². The molecule has 0 saturated heterocycles. The van der Waals surface area contributed by atoms with Gasteiger partial charge >= 0.3 is 6.18 Å². The number of rotatable bonds is 0. The molecule has 1 aliphatic carbocycles. The van der Waals surface area contributed by atoms with Gasteiger partial charge in [-0.15, -0.1) is 0 Å². The predicted molar refractivity (Wildman–Crippen MR) is 40.3 cm³/mol. The van der Waals surface area contributed by atoms with E-state index >= 15 is 0 Å². The molecule has 0 aromatic carbocycles. The fraction of sp³-hybridized carbons (Fsp3) is 0.556. The fourth-order valence-corrected chi connectivity index (χ4v) is 1.82. The lowest BCUT2D eigenvalue weighted by Gasteiger charge is -2.11. The van der Waals surface area contributed by atoms with Crippen molar-refractivity contribution in [2.24, 2.45) is 0 Å². The summed E-state index contributed by atoms with van der Waals surface area (Å²) < 4.78 is 54.5. The van der Waals surface area contributed by atoms with Crippen LogP contribution in [0.2, 0.25) is 0 Å². The lowest BCUT2D eigenvalue weighted by atomic mass is 9.95. The Morgan fingerprint density at radius 3 is 2.36 bits per heavy atom. The Bertz CT molecular complexity index is 350. The molecule has 0 amide bonds. The standard InChI is InChI=1S/C9H8F4O/c10-8-7(9(11,12)13)5-3-1-2-4-6(5)14-8/h1-4H2. The van der Waals surface area contributed by atoms with Gasteiger partial charge in [0.15, 0.2) is 0 Å². The van der Waals surface area contributed by atoms with E-state index in [-0.39, 0.29) is 17.7 Å². The van der Waals surface area contributed by atoms with E-state index in [1.54, 1.807) is 0 Å². The summed E-state index contributed by atoms with van der Waals surface area (Å²) in [5.41, 5.74) is -1.19. The van der Waals surface area contributed by atoms with E-state index in [1.165, 1.54) is 0 Å². The zero-order valence-corrected chi connectivity index (χ0v) is 7.25. The van der Waals surface area contributed by atoms with Crippen molar-refractivity contribution in [1.29, 1.82) is 0 Å². The third kappa shape index (κ3) is 1.40. The molecule has 5 heteroatoms. The first-order chi connectivity index (χ1) is 6.50. The van der Waals surface area contributed by atoms with Gasteiger partial charge in [0, 0.05) is 12.0 Å². The second-order valence-electron chi connectivity index (χ2n) is 3.36. The van der Waals surface area contributed by atoms with E-state index in [2.05, 4.69) is 4.42 Å². The van der Waals surface area contributed by atoms with Crippen LogP contribution in [0.15, 0.2) is 4.42 Å². The van der Waals surface area contributed by atoms with Crippen molar-refractivity contribution in [2.75, 3.05) is 0 Å². The van der Waals surface area contributed by atoms with Crippen molar-refractivity contribution in [3.8, 4) is 0 Å². The Morgan fingerprint density at radius 2 is 1.71 bits per heavy atom. The summed E-state index contributed by atoms with van der Waals surface area (Å²) in [6, 6.07) is -1.48. The first-order valence-electron chi connectivity index (χ1n) is 4.37. The zero-order chi connectivity index (χ0) is 10.3. The summed E-state index contributed by atoms with van der Waals surface area (Å²) in [6.45, 7) is 0. The number of aryl methyl sites for hydroxylation is 1. The van der Waals surface area contributed by atoms with Gasteiger partial charge in [-0.1, -0.05) is 0 Å². The molecule has 0 fully saturated rings. The molecule has 2 rings (SSSR count). The van der Waals surface area contributed by atoms with Crippen LogP contribution in [-0.2, 0) is 19.0 Å². The number of halogens is 4. The quantitative estimate of drug-likeness (QED) is 0.596. The zero-order valence-electron chi connectivity index (χ0n) is 7.25. The van der Waals surface area contributed by atoms with Gasteiger partial charge in [0.25, 0.3) is 6.01 Å². The summed E-state index contributed by atoms with van der Waals surface area (Å²) in [4.78, 5) is 0. The molecule has 1 heterocycles. The number of fused-ring (bicyclic) bond motifs is 1. The minimum absolute atomic E-state index is 0.0150. The number of alkyl halides is 3. The highest BCUT2D eigenvalue weighted by atomic mass is 19.4. The SMILES string of the molecule is Fc1oc2c(c1C(F)(F)F)CCCC2. The molecule has 0 aliphatic heterocycles. The monoisotopic (exact) mass is 208 g/mol. The van der Waals surface area contributed by atoms with Gasteiger partial charge in [0.2, 0.25) is 0 Å². The van der Waals surface area contributed by atoms with Gasteiger partial charge in [0.05, 0.1) is 0 Å². The third-order valence-corrected chi connectivity index (χ3v) is 2.41. The Morgan fingerprint density at radius 1 is 1.07 bits per heavy atom. The van der Waals surface area contributed by atoms with Gasteiger partial charge < -0.3 is 4.42 Å². The minimum Gasteiger partial charge on any atom is -0.435 e. The van der Waals surface area contributed by atoms with Gasteiger partial charge in [0.1, 0.15) is 11.3 Å². The highest BCUT2D eigenvalue weighted by molar-refractivity contribution is 5.33. The Balaban J connectivity index is 2.53. The van der Waals surface area contributed by atoms with E-state index in [9.17, 15) is 17.6 Å². The summed E-state index contributed by atoms with van der Waals surface area (Å²) in [7, 11) is 0. The Labute approximate surface area is 77.7 Å². The molecule has 0 spiro atoms. The first kappa shape index (κ1) is 9.55. The molecule has 0 radical (unpaired) electrons. The second-order valence-corrected chi connectivity index (χ2v) is 3.36. The van der Waals surface area contributed by atoms with E-state index in [0.29, 0.717) is 12.8 Å². The van der Waals surface area contributed by atoms with E-state index in [4.69, 9.17) is 0 Å². The van der Waals surface area contributed by atoms with Crippen LogP contribution in [0.4, 0.5) is 17.6 Å². The molecule has 0 atom stereocenters. The third-order valence-electron chi connectivity index (χ3n) is 2.41. The Kier molecular flexibility index (Phi) is 2.05. The van der Waals surface area contributed by atoms with Crippen molar-refractivity contribution in [1.82, 2.24) is 0 Å². The van der Waals surface area contributed by atoms with Crippen LogP contribution in [0.25, 0.3) is 0 Å². The second kappa shape index (κ2) is 3.00. The van der Waals surface area contributed by atoms with E-state index in [0.717, 1.165) is 6.42 Å². The first-order valence-corrected chi connectivity index (χ1v) is 4.37. The van der Waals surface area contributed by atoms with Crippen molar-refractivity contribution in [3.63, 3.8) is 0 Å². The van der Waals surface area contributed by atoms with Crippen molar-refractivity contribution < 1.29 is 22.0 Å². The van der Waals surface area contributed by atoms with Gasteiger partial charge in [-0.25, -0.2) is 0 Å². The summed E-state index contributed by atoms with van der Waals surface area (Å²) in [5.74, 6) is 0.168. The molecule has 1 aromatic heterocycles. The van der Waals surface area contributed by atoms with Gasteiger partial charge in [-0.3, -0.25) is 0 Å². The maximum atomic E-state index is 12.9. The van der Waals surface area contributed by atoms with Gasteiger partial charge in [-0.2, -0.15) is 17.6 Å². The average molecular weight is 208 g/mol. The summed E-state index contributed by atoms with van der Waals surface area (Å²) in [5, 5.41) is 0. The highest BCUT2D eigenvalue weighted by Crippen LogP contribution is 2.39. The summed E-state index contributed by atoms with van der Waals surface area (Å²) >= 11 is 0. The van der Waals surface area contributed by atoms with Crippen LogP contribution in [-0.4, -0.2) is 0 Å². The molecule has 0 saturated carbocycles. The Hall–Kier alpha value is -1.00. The lowest BCUT2D eigenvalue weighted by molar-refractivity contribution is -0.141. The van der Waals surface area contributed by atoms with Crippen molar-refractivity contribution in [3.05, 3.63) is 22.9 Å². The molecular weight excluding hydrogens is 200 g/mol. The molecule has 1 nitrogen and oxygen atoms in total. The number of furan rings is 1. The predicted octanol–water partition coefficient (Wildman–Crippen LogP) is 3.32. The van der Waals surface area contributed by atoms with Crippen LogP contribution >= 0.6 is 0 Å². The molecular formula is C9H8F4O. The lowest BCUT2D eigenvalue weighted by Crippen LogP contribution is -2.11. The van der Waals surface area contributed by atoms with E-state index in [1.807, 2.05) is 0 Å². The average Bonchev–Trinajstić information content (AvgIpc) is 2.38. The maximum Gasteiger partial charge on any atom is 0.422 e. The molecule has 0 N–H and O–H groups in total. The fourth-order valence-electron chi connectivity index (χ4n) is 1.82. The molecule has 0 unspecified atom stereocenters. The summed E-state index contributed by atoms with van der Waals surface area (Å²) in [6.07, 6.45) is -2.55. The smallest absolute Gasteiger partial charge is 0.422 e.